The van der Waals surface area contributed by atoms with Crippen LogP contribution in [0, 0.1) is 5.92 Å². The summed E-state index contributed by atoms with van der Waals surface area (Å²) >= 11 is 0. The van der Waals surface area contributed by atoms with Gasteiger partial charge < -0.3 is 10.3 Å². The second-order valence-electron chi connectivity index (χ2n) is 5.33. The Hall–Kier alpha value is -1.77. The molecule has 1 aromatic carbocycles. The monoisotopic (exact) mass is 242 g/mol. The summed E-state index contributed by atoms with van der Waals surface area (Å²) < 4.78 is 0. The highest BCUT2D eigenvalue weighted by molar-refractivity contribution is 5.98. The van der Waals surface area contributed by atoms with Gasteiger partial charge in [0.2, 0.25) is 0 Å². The van der Waals surface area contributed by atoms with Crippen molar-refractivity contribution in [2.24, 2.45) is 5.92 Å². The first-order valence-electron chi connectivity index (χ1n) is 6.60. The van der Waals surface area contributed by atoms with E-state index in [1.807, 2.05) is 30.5 Å². The number of amides is 1. The summed E-state index contributed by atoms with van der Waals surface area (Å²) in [5, 5.41) is 4.16. The number of aromatic amines is 1. The Morgan fingerprint density at radius 1 is 1.44 bits per heavy atom. The van der Waals surface area contributed by atoms with Crippen LogP contribution in [0.3, 0.4) is 0 Å². The van der Waals surface area contributed by atoms with Crippen LogP contribution < -0.4 is 5.32 Å². The van der Waals surface area contributed by atoms with Crippen molar-refractivity contribution >= 4 is 16.8 Å². The average Bonchev–Trinajstić information content (AvgIpc) is 3.03. The van der Waals surface area contributed by atoms with Crippen LogP contribution in [0.4, 0.5) is 0 Å². The van der Waals surface area contributed by atoms with Crippen molar-refractivity contribution in [3.8, 4) is 0 Å². The van der Waals surface area contributed by atoms with Gasteiger partial charge in [-0.2, -0.15) is 0 Å². The molecule has 3 heteroatoms. The molecule has 3 rings (SSSR count). The Morgan fingerprint density at radius 3 is 3.06 bits per heavy atom. The van der Waals surface area contributed by atoms with Gasteiger partial charge in [-0.25, -0.2) is 0 Å². The molecule has 2 N–H and O–H groups in total. The third kappa shape index (κ3) is 2.40. The van der Waals surface area contributed by atoms with Crippen LogP contribution in [-0.4, -0.2) is 16.9 Å². The molecule has 1 amide bonds. The lowest BCUT2D eigenvalue weighted by atomic mass is 10.1. The Morgan fingerprint density at radius 2 is 2.28 bits per heavy atom. The molecule has 1 aromatic heterocycles. The summed E-state index contributed by atoms with van der Waals surface area (Å²) in [5.41, 5.74) is 1.81. The number of benzene rings is 1. The number of H-pyrrole nitrogens is 1. The van der Waals surface area contributed by atoms with Gasteiger partial charge >= 0.3 is 0 Å². The lowest BCUT2D eigenvalue weighted by molar-refractivity contribution is 0.0937. The van der Waals surface area contributed by atoms with Crippen molar-refractivity contribution < 1.29 is 4.79 Å². The molecule has 0 spiro atoms. The molecule has 3 nitrogen and oxygen atoms in total. The average molecular weight is 242 g/mol. The van der Waals surface area contributed by atoms with Crippen molar-refractivity contribution in [3.63, 3.8) is 0 Å². The first-order valence-corrected chi connectivity index (χ1v) is 6.60. The topological polar surface area (TPSA) is 44.9 Å². The number of carbonyl (C=O) groups is 1. The van der Waals surface area contributed by atoms with Crippen molar-refractivity contribution in [1.29, 1.82) is 0 Å². The zero-order chi connectivity index (χ0) is 12.5. The van der Waals surface area contributed by atoms with Crippen molar-refractivity contribution in [1.82, 2.24) is 10.3 Å². The quantitative estimate of drug-likeness (QED) is 0.850. The summed E-state index contributed by atoms with van der Waals surface area (Å²) in [4.78, 5) is 15.2. The summed E-state index contributed by atoms with van der Waals surface area (Å²) in [6.07, 6.45) is 5.66. The Balaban J connectivity index is 1.70. The molecule has 1 aliphatic carbocycles. The molecular formula is C15H18N2O. The van der Waals surface area contributed by atoms with Crippen LogP contribution in [0.5, 0.6) is 0 Å². The second-order valence-corrected chi connectivity index (χ2v) is 5.33. The Kier molecular flexibility index (Phi) is 2.82. The van der Waals surface area contributed by atoms with Crippen LogP contribution >= 0.6 is 0 Å². The number of fused-ring (bicyclic) bond motifs is 1. The van der Waals surface area contributed by atoms with Crippen LogP contribution in [-0.2, 0) is 0 Å². The molecule has 1 atom stereocenters. The van der Waals surface area contributed by atoms with Crippen LogP contribution in [0.15, 0.2) is 30.5 Å². The summed E-state index contributed by atoms with van der Waals surface area (Å²) in [6.45, 7) is 2.09. The molecule has 94 valence electrons. The van der Waals surface area contributed by atoms with E-state index in [4.69, 9.17) is 0 Å². The second kappa shape index (κ2) is 4.48. The minimum Gasteiger partial charge on any atom is -0.361 e. The predicted octanol–water partition coefficient (Wildman–Crippen LogP) is 3.09. The maximum absolute atomic E-state index is 12.1. The predicted molar refractivity (Wildman–Crippen MR) is 72.6 cm³/mol. The summed E-state index contributed by atoms with van der Waals surface area (Å²) in [7, 11) is 0. The van der Waals surface area contributed by atoms with Gasteiger partial charge in [-0.05, 0) is 43.5 Å². The van der Waals surface area contributed by atoms with Gasteiger partial charge in [-0.1, -0.05) is 12.8 Å². The molecule has 1 fully saturated rings. The van der Waals surface area contributed by atoms with Gasteiger partial charge in [-0.15, -0.1) is 0 Å². The molecule has 0 saturated heterocycles. The number of rotatable bonds is 4. The van der Waals surface area contributed by atoms with Crippen LogP contribution in [0.2, 0.25) is 0 Å². The van der Waals surface area contributed by atoms with E-state index >= 15 is 0 Å². The van der Waals surface area contributed by atoms with Gasteiger partial charge in [0.15, 0.2) is 0 Å². The van der Waals surface area contributed by atoms with Crippen molar-refractivity contribution in [3.05, 3.63) is 36.0 Å². The molecule has 1 unspecified atom stereocenters. The van der Waals surface area contributed by atoms with Gasteiger partial charge in [0, 0.05) is 28.7 Å². The summed E-state index contributed by atoms with van der Waals surface area (Å²) in [5.74, 6) is 0.874. The normalized spacial score (nSPS) is 16.7. The van der Waals surface area contributed by atoms with E-state index in [9.17, 15) is 4.79 Å². The van der Waals surface area contributed by atoms with E-state index in [1.54, 1.807) is 0 Å². The fourth-order valence-corrected chi connectivity index (χ4v) is 2.41. The molecular weight excluding hydrogens is 224 g/mol. The van der Waals surface area contributed by atoms with E-state index in [-0.39, 0.29) is 11.9 Å². The first-order chi connectivity index (χ1) is 8.72. The van der Waals surface area contributed by atoms with Gasteiger partial charge in [-0.3, -0.25) is 4.79 Å². The third-order valence-corrected chi connectivity index (χ3v) is 3.58. The van der Waals surface area contributed by atoms with Crippen LogP contribution in [0.25, 0.3) is 10.9 Å². The molecule has 0 radical (unpaired) electrons. The largest absolute Gasteiger partial charge is 0.361 e. The van der Waals surface area contributed by atoms with E-state index in [0.29, 0.717) is 0 Å². The summed E-state index contributed by atoms with van der Waals surface area (Å²) in [6, 6.07) is 8.02. The number of nitrogens with one attached hydrogen (secondary N) is 2. The van der Waals surface area contributed by atoms with Crippen LogP contribution in [0.1, 0.15) is 36.5 Å². The maximum Gasteiger partial charge on any atom is 0.251 e. The van der Waals surface area contributed by atoms with Crippen molar-refractivity contribution in [2.45, 2.75) is 32.2 Å². The highest BCUT2D eigenvalue weighted by atomic mass is 16.1. The lowest BCUT2D eigenvalue weighted by Crippen LogP contribution is -2.32. The zero-order valence-electron chi connectivity index (χ0n) is 10.6. The van der Waals surface area contributed by atoms with E-state index in [2.05, 4.69) is 17.2 Å². The Bertz CT molecular complexity index is 569. The standard InChI is InChI=1S/C15H18N2O/c1-10(8-11-2-3-11)17-15(18)13-4-5-14-12(9-13)6-7-16-14/h4-7,9-11,16H,2-3,8H2,1H3,(H,17,18). The molecule has 18 heavy (non-hydrogen) atoms. The fraction of sp³-hybridized carbons (Fsp3) is 0.400. The highest BCUT2D eigenvalue weighted by Gasteiger charge is 2.24. The smallest absolute Gasteiger partial charge is 0.251 e. The first kappa shape index (κ1) is 11.3. The number of hydrogen-bond acceptors (Lipinski definition) is 1. The van der Waals surface area contributed by atoms with E-state index in [1.165, 1.54) is 12.8 Å². The zero-order valence-corrected chi connectivity index (χ0v) is 10.6. The molecule has 1 aliphatic rings. The molecule has 2 aromatic rings. The Labute approximate surface area is 107 Å². The fourth-order valence-electron chi connectivity index (χ4n) is 2.41. The van der Waals surface area contributed by atoms with Gasteiger partial charge in [0.05, 0.1) is 0 Å². The SMILES string of the molecule is CC(CC1CC1)NC(=O)c1ccc2[nH]ccc2c1. The minimum absolute atomic E-state index is 0.0336. The van der Waals surface area contributed by atoms with Gasteiger partial charge in [0.25, 0.3) is 5.91 Å². The lowest BCUT2D eigenvalue weighted by Gasteiger charge is -2.13. The van der Waals surface area contributed by atoms with E-state index < -0.39 is 0 Å². The third-order valence-electron chi connectivity index (χ3n) is 3.58. The highest BCUT2D eigenvalue weighted by Crippen LogP contribution is 2.33. The molecule has 0 bridgehead atoms. The maximum atomic E-state index is 12.1. The minimum atomic E-state index is 0.0336. The molecule has 1 heterocycles. The van der Waals surface area contributed by atoms with Gasteiger partial charge in [0.1, 0.15) is 0 Å². The number of aromatic nitrogens is 1. The van der Waals surface area contributed by atoms with E-state index in [0.717, 1.165) is 28.8 Å². The number of carbonyl (C=O) groups excluding carboxylic acids is 1. The molecule has 1 saturated carbocycles. The number of hydrogen-bond donors (Lipinski definition) is 2. The van der Waals surface area contributed by atoms with Crippen molar-refractivity contribution in [2.75, 3.05) is 0 Å². The molecule has 0 aliphatic heterocycles.